The van der Waals surface area contributed by atoms with Crippen LogP contribution in [0.2, 0.25) is 5.02 Å². The van der Waals surface area contributed by atoms with Crippen molar-refractivity contribution in [3.8, 4) is 17.1 Å². The van der Waals surface area contributed by atoms with E-state index in [-0.39, 0.29) is 23.2 Å². The van der Waals surface area contributed by atoms with Gasteiger partial charge in [-0.15, -0.1) is 0 Å². The van der Waals surface area contributed by atoms with Gasteiger partial charge in [0.25, 0.3) is 11.5 Å². The summed E-state index contributed by atoms with van der Waals surface area (Å²) in [5, 5.41) is 4.49. The largest absolute Gasteiger partial charge is 0.478 e. The van der Waals surface area contributed by atoms with E-state index < -0.39 is 5.60 Å². The Balaban J connectivity index is 1.39. The standard InChI is InChI=1S/C20H19ClN4O4/c1-20(2,28-14-7-5-13(21)6-8-14)19(27)25-10-12(11-25)18-23-16(24-29-18)15-4-3-9-22-17(15)26/h3-9,12H,10-11H2,1-2H3,(H,22,26). The minimum Gasteiger partial charge on any atom is -0.478 e. The molecule has 3 heterocycles. The zero-order chi connectivity index (χ0) is 20.6. The van der Waals surface area contributed by atoms with Crippen LogP contribution in [0.25, 0.3) is 11.4 Å². The van der Waals surface area contributed by atoms with Gasteiger partial charge in [-0.05, 0) is 50.2 Å². The molecule has 8 nitrogen and oxygen atoms in total. The Morgan fingerprint density at radius 3 is 2.69 bits per heavy atom. The maximum Gasteiger partial charge on any atom is 0.266 e. The first-order chi connectivity index (χ1) is 13.8. The minimum absolute atomic E-state index is 0.0747. The van der Waals surface area contributed by atoms with Gasteiger partial charge < -0.3 is 19.1 Å². The minimum atomic E-state index is -1.03. The summed E-state index contributed by atoms with van der Waals surface area (Å²) in [5.74, 6) is 0.999. The lowest BCUT2D eigenvalue weighted by Crippen LogP contribution is -2.57. The molecule has 1 N–H and O–H groups in total. The Hall–Kier alpha value is -3.13. The van der Waals surface area contributed by atoms with Crippen molar-refractivity contribution >= 4 is 17.5 Å². The highest BCUT2D eigenvalue weighted by Crippen LogP contribution is 2.30. The van der Waals surface area contributed by atoms with Crippen molar-refractivity contribution in [2.75, 3.05) is 13.1 Å². The Labute approximate surface area is 171 Å². The lowest BCUT2D eigenvalue weighted by molar-refractivity contribution is -0.150. The molecule has 29 heavy (non-hydrogen) atoms. The predicted molar refractivity (Wildman–Crippen MR) is 106 cm³/mol. The second-order valence-corrected chi connectivity index (χ2v) is 7.78. The zero-order valence-corrected chi connectivity index (χ0v) is 16.6. The maximum atomic E-state index is 12.8. The number of nitrogens with one attached hydrogen (secondary N) is 1. The molecule has 0 bridgehead atoms. The van der Waals surface area contributed by atoms with Crippen molar-refractivity contribution in [2.24, 2.45) is 0 Å². The summed E-state index contributed by atoms with van der Waals surface area (Å²) in [6.45, 7) is 4.34. The number of hydrogen-bond acceptors (Lipinski definition) is 6. The van der Waals surface area contributed by atoms with E-state index in [1.165, 1.54) is 6.20 Å². The molecular formula is C20H19ClN4O4. The summed E-state index contributed by atoms with van der Waals surface area (Å²) >= 11 is 5.88. The van der Waals surface area contributed by atoms with Gasteiger partial charge in [0.05, 0.1) is 11.5 Å². The van der Waals surface area contributed by atoms with Gasteiger partial charge in [0.2, 0.25) is 11.7 Å². The van der Waals surface area contributed by atoms with Gasteiger partial charge in [-0.3, -0.25) is 9.59 Å². The highest BCUT2D eigenvalue weighted by Gasteiger charge is 2.42. The van der Waals surface area contributed by atoms with Gasteiger partial charge in [0.1, 0.15) is 5.75 Å². The molecule has 9 heteroatoms. The lowest BCUT2D eigenvalue weighted by atomic mass is 9.96. The normalized spacial score (nSPS) is 14.5. The van der Waals surface area contributed by atoms with Gasteiger partial charge in [0.15, 0.2) is 5.60 Å². The van der Waals surface area contributed by atoms with Gasteiger partial charge in [-0.25, -0.2) is 0 Å². The Bertz CT molecular complexity index is 1080. The van der Waals surface area contributed by atoms with E-state index in [0.29, 0.717) is 35.3 Å². The average Bonchev–Trinajstić information content (AvgIpc) is 3.12. The molecule has 3 aromatic rings. The number of benzene rings is 1. The van der Waals surface area contributed by atoms with Crippen LogP contribution in [0.4, 0.5) is 0 Å². The summed E-state index contributed by atoms with van der Waals surface area (Å²) in [7, 11) is 0. The molecule has 0 atom stereocenters. The van der Waals surface area contributed by atoms with Crippen molar-refractivity contribution in [3.05, 3.63) is 63.9 Å². The fourth-order valence-electron chi connectivity index (χ4n) is 3.13. The van der Waals surface area contributed by atoms with Crippen LogP contribution in [-0.4, -0.2) is 44.6 Å². The number of halogens is 1. The molecule has 2 aromatic heterocycles. The highest BCUT2D eigenvalue weighted by atomic mass is 35.5. The first-order valence-corrected chi connectivity index (χ1v) is 9.47. The van der Waals surface area contributed by atoms with Gasteiger partial charge in [0, 0.05) is 24.3 Å². The lowest BCUT2D eigenvalue weighted by Gasteiger charge is -2.41. The molecule has 0 unspecified atom stereocenters. The third-order valence-electron chi connectivity index (χ3n) is 4.72. The third-order valence-corrected chi connectivity index (χ3v) is 4.97. The first kappa shape index (κ1) is 19.2. The topological polar surface area (TPSA) is 101 Å². The molecule has 150 valence electrons. The molecule has 1 aliphatic rings. The van der Waals surface area contributed by atoms with Crippen LogP contribution in [0.15, 0.2) is 51.9 Å². The number of likely N-dealkylation sites (tertiary alicyclic amines) is 1. The number of carbonyl (C=O) groups is 1. The quantitative estimate of drug-likeness (QED) is 0.688. The molecule has 0 spiro atoms. The van der Waals surface area contributed by atoms with E-state index in [2.05, 4.69) is 15.1 Å². The second kappa shape index (κ2) is 7.36. The zero-order valence-electron chi connectivity index (χ0n) is 15.9. The van der Waals surface area contributed by atoms with Crippen molar-refractivity contribution in [3.63, 3.8) is 0 Å². The smallest absolute Gasteiger partial charge is 0.266 e. The Kier molecular flexibility index (Phi) is 4.87. The molecule has 1 aromatic carbocycles. The number of pyridine rings is 1. The fraction of sp³-hybridized carbons (Fsp3) is 0.300. The van der Waals surface area contributed by atoms with Crippen molar-refractivity contribution in [2.45, 2.75) is 25.4 Å². The number of rotatable bonds is 5. The molecule has 0 radical (unpaired) electrons. The van der Waals surface area contributed by atoms with Gasteiger partial charge in [-0.1, -0.05) is 16.8 Å². The van der Waals surface area contributed by atoms with Crippen LogP contribution >= 0.6 is 11.6 Å². The molecule has 1 aliphatic heterocycles. The first-order valence-electron chi connectivity index (χ1n) is 9.09. The number of ether oxygens (including phenoxy) is 1. The molecular weight excluding hydrogens is 396 g/mol. The van der Waals surface area contributed by atoms with Crippen molar-refractivity contribution in [1.29, 1.82) is 0 Å². The van der Waals surface area contributed by atoms with Crippen LogP contribution in [0, 0.1) is 0 Å². The summed E-state index contributed by atoms with van der Waals surface area (Å²) < 4.78 is 11.2. The van der Waals surface area contributed by atoms with Crippen LogP contribution in [0.3, 0.4) is 0 Å². The van der Waals surface area contributed by atoms with Gasteiger partial charge >= 0.3 is 0 Å². The van der Waals surface area contributed by atoms with Crippen LogP contribution in [0.1, 0.15) is 25.7 Å². The predicted octanol–water partition coefficient (Wildman–Crippen LogP) is 2.86. The van der Waals surface area contributed by atoms with Crippen LogP contribution < -0.4 is 10.3 Å². The second-order valence-electron chi connectivity index (χ2n) is 7.34. The number of aromatic nitrogens is 3. The summed E-state index contributed by atoms with van der Waals surface area (Å²) in [6, 6.07) is 10.2. The number of hydrogen-bond donors (Lipinski definition) is 1. The van der Waals surface area contributed by atoms with Crippen LogP contribution in [-0.2, 0) is 4.79 Å². The summed E-state index contributed by atoms with van der Waals surface area (Å²) in [4.78, 5) is 33.3. The number of H-pyrrole nitrogens is 1. The van der Waals surface area contributed by atoms with E-state index in [1.54, 1.807) is 55.1 Å². The van der Waals surface area contributed by atoms with E-state index in [4.69, 9.17) is 20.9 Å². The van der Waals surface area contributed by atoms with E-state index in [0.717, 1.165) is 0 Å². The third kappa shape index (κ3) is 3.88. The fourth-order valence-corrected chi connectivity index (χ4v) is 3.26. The summed E-state index contributed by atoms with van der Waals surface area (Å²) in [6.07, 6.45) is 1.54. The summed E-state index contributed by atoms with van der Waals surface area (Å²) in [5.41, 5.74) is -0.977. The molecule has 1 saturated heterocycles. The number of carbonyl (C=O) groups excluding carboxylic acids is 1. The molecule has 4 rings (SSSR count). The average molecular weight is 415 g/mol. The van der Waals surface area contributed by atoms with Crippen molar-refractivity contribution < 1.29 is 14.1 Å². The Morgan fingerprint density at radius 1 is 1.28 bits per heavy atom. The molecule has 0 saturated carbocycles. The molecule has 0 aliphatic carbocycles. The van der Waals surface area contributed by atoms with Crippen molar-refractivity contribution in [1.82, 2.24) is 20.0 Å². The molecule has 1 fully saturated rings. The monoisotopic (exact) mass is 414 g/mol. The highest BCUT2D eigenvalue weighted by molar-refractivity contribution is 6.30. The molecule has 1 amide bonds. The maximum absolute atomic E-state index is 12.8. The number of aromatic amines is 1. The van der Waals surface area contributed by atoms with E-state index in [9.17, 15) is 9.59 Å². The van der Waals surface area contributed by atoms with E-state index >= 15 is 0 Å². The Morgan fingerprint density at radius 2 is 2.00 bits per heavy atom. The number of amides is 1. The van der Waals surface area contributed by atoms with Gasteiger partial charge in [-0.2, -0.15) is 4.98 Å². The van der Waals surface area contributed by atoms with E-state index in [1.807, 2.05) is 0 Å². The SMILES string of the molecule is CC(C)(Oc1ccc(Cl)cc1)C(=O)N1CC(c2nc(-c3ccc[nH]c3=O)no2)C1. The number of nitrogens with zero attached hydrogens (tertiary/aromatic N) is 3. The van der Waals surface area contributed by atoms with Crippen LogP contribution in [0.5, 0.6) is 5.75 Å².